The molecule has 0 aliphatic heterocycles. The molecule has 0 unspecified atom stereocenters. The molecule has 0 spiro atoms. The molecule has 0 saturated carbocycles. The number of hydrogen-bond acceptors (Lipinski definition) is 3. The third-order valence-electron chi connectivity index (χ3n) is 3.10. The number of pyridine rings is 1. The van der Waals surface area contributed by atoms with Crippen molar-refractivity contribution in [2.75, 3.05) is 5.43 Å². The van der Waals surface area contributed by atoms with E-state index in [0.717, 1.165) is 21.3 Å². The molecule has 3 rings (SSSR count). The second-order valence-corrected chi connectivity index (χ2v) is 5.58. The number of anilines is 1. The lowest BCUT2D eigenvalue weighted by Crippen LogP contribution is -2.06. The van der Waals surface area contributed by atoms with Gasteiger partial charge in [0.05, 0.1) is 5.71 Å². The number of benzene rings is 2. The minimum absolute atomic E-state index is 0.701. The second kappa shape index (κ2) is 7.00. The van der Waals surface area contributed by atoms with Gasteiger partial charge in [-0.05, 0) is 28.1 Å². The van der Waals surface area contributed by atoms with Gasteiger partial charge in [-0.1, -0.05) is 60.7 Å². The van der Waals surface area contributed by atoms with Crippen LogP contribution in [0.4, 0.5) is 5.82 Å². The molecule has 3 aromatic rings. The summed E-state index contributed by atoms with van der Waals surface area (Å²) in [7, 11) is 0. The van der Waals surface area contributed by atoms with Crippen LogP contribution in [0.1, 0.15) is 11.1 Å². The maximum absolute atomic E-state index is 4.55. The highest BCUT2D eigenvalue weighted by atomic mass is 79.9. The van der Waals surface area contributed by atoms with Gasteiger partial charge in [-0.25, -0.2) is 4.98 Å². The maximum Gasteiger partial charge on any atom is 0.146 e. The molecule has 0 aliphatic carbocycles. The van der Waals surface area contributed by atoms with Gasteiger partial charge >= 0.3 is 0 Å². The summed E-state index contributed by atoms with van der Waals surface area (Å²) in [5, 5.41) is 4.55. The topological polar surface area (TPSA) is 37.3 Å². The molecule has 108 valence electrons. The van der Waals surface area contributed by atoms with Crippen LogP contribution in [-0.2, 0) is 0 Å². The Morgan fingerprint density at radius 2 is 1.41 bits per heavy atom. The Bertz CT molecular complexity index is 712. The number of aromatic nitrogens is 1. The maximum atomic E-state index is 4.55. The molecule has 0 radical (unpaired) electrons. The van der Waals surface area contributed by atoms with Crippen LogP contribution >= 0.6 is 15.9 Å². The fraction of sp³-hybridized carbons (Fsp3) is 0. The van der Waals surface area contributed by atoms with Gasteiger partial charge in [0.15, 0.2) is 0 Å². The van der Waals surface area contributed by atoms with Gasteiger partial charge in [0, 0.05) is 21.8 Å². The Hall–Kier alpha value is -2.46. The van der Waals surface area contributed by atoms with Crippen molar-refractivity contribution in [1.82, 2.24) is 4.98 Å². The van der Waals surface area contributed by atoms with Gasteiger partial charge in [-0.2, -0.15) is 5.10 Å². The zero-order valence-corrected chi connectivity index (χ0v) is 13.4. The summed E-state index contributed by atoms with van der Waals surface area (Å²) >= 11 is 3.37. The summed E-state index contributed by atoms with van der Waals surface area (Å²) in [4.78, 5) is 4.27. The van der Waals surface area contributed by atoms with Crippen LogP contribution in [0.15, 0.2) is 88.6 Å². The number of hydrazone groups is 1. The predicted octanol–water partition coefficient (Wildman–Crippen LogP) is 4.71. The smallest absolute Gasteiger partial charge is 0.146 e. The monoisotopic (exact) mass is 351 g/mol. The molecule has 4 heteroatoms. The standard InChI is InChI=1S/C18H14BrN3/c19-16-11-12-17(20-13-16)21-22-18(14-7-3-1-4-8-14)15-9-5-2-6-10-15/h1-13H,(H,20,21). The highest BCUT2D eigenvalue weighted by Gasteiger charge is 2.06. The summed E-state index contributed by atoms with van der Waals surface area (Å²) < 4.78 is 0.938. The van der Waals surface area contributed by atoms with Crippen LogP contribution in [0.5, 0.6) is 0 Å². The van der Waals surface area contributed by atoms with Gasteiger partial charge in [0.1, 0.15) is 5.82 Å². The van der Waals surface area contributed by atoms with E-state index in [9.17, 15) is 0 Å². The van der Waals surface area contributed by atoms with Gasteiger partial charge in [-0.3, -0.25) is 5.43 Å². The minimum Gasteiger partial charge on any atom is -0.261 e. The molecule has 0 saturated heterocycles. The number of rotatable bonds is 4. The minimum atomic E-state index is 0.701. The van der Waals surface area contributed by atoms with Crippen molar-refractivity contribution in [2.45, 2.75) is 0 Å². The fourth-order valence-electron chi connectivity index (χ4n) is 2.04. The number of nitrogens with zero attached hydrogens (tertiary/aromatic N) is 2. The second-order valence-electron chi connectivity index (χ2n) is 4.67. The van der Waals surface area contributed by atoms with E-state index in [1.165, 1.54) is 0 Å². The zero-order valence-electron chi connectivity index (χ0n) is 11.8. The Kier molecular flexibility index (Phi) is 4.61. The first-order chi connectivity index (χ1) is 10.8. The van der Waals surface area contributed by atoms with Crippen molar-refractivity contribution < 1.29 is 0 Å². The average molecular weight is 352 g/mol. The normalized spacial score (nSPS) is 10.0. The molecule has 1 heterocycles. The first-order valence-corrected chi connectivity index (χ1v) is 7.68. The van der Waals surface area contributed by atoms with Crippen LogP contribution in [0.3, 0.4) is 0 Å². The summed E-state index contributed by atoms with van der Waals surface area (Å²) in [6.07, 6.45) is 1.74. The molecule has 0 aliphatic rings. The number of nitrogens with one attached hydrogen (secondary N) is 1. The molecule has 0 atom stereocenters. The van der Waals surface area contributed by atoms with Crippen molar-refractivity contribution in [3.63, 3.8) is 0 Å². The lowest BCUT2D eigenvalue weighted by Gasteiger charge is -2.08. The molecule has 0 amide bonds. The zero-order chi connectivity index (χ0) is 15.2. The van der Waals surface area contributed by atoms with Crippen molar-refractivity contribution in [1.29, 1.82) is 0 Å². The van der Waals surface area contributed by atoms with Crippen LogP contribution in [0, 0.1) is 0 Å². The quantitative estimate of drug-likeness (QED) is 0.545. The summed E-state index contributed by atoms with van der Waals surface area (Å²) in [6.45, 7) is 0. The van der Waals surface area contributed by atoms with E-state index >= 15 is 0 Å². The Labute approximate surface area is 137 Å². The lowest BCUT2D eigenvalue weighted by atomic mass is 10.0. The summed E-state index contributed by atoms with van der Waals surface area (Å²) in [5.41, 5.74) is 6.01. The number of halogens is 1. The van der Waals surface area contributed by atoms with Crippen LogP contribution < -0.4 is 5.43 Å². The Morgan fingerprint density at radius 1 is 0.818 bits per heavy atom. The first kappa shape index (κ1) is 14.5. The third kappa shape index (κ3) is 3.59. The SMILES string of the molecule is Brc1ccc(NN=C(c2ccccc2)c2ccccc2)nc1. The van der Waals surface area contributed by atoms with E-state index in [2.05, 4.69) is 31.4 Å². The van der Waals surface area contributed by atoms with Crippen LogP contribution in [0.25, 0.3) is 0 Å². The van der Waals surface area contributed by atoms with Crippen molar-refractivity contribution in [3.05, 3.63) is 94.6 Å². The predicted molar refractivity (Wildman–Crippen MR) is 94.1 cm³/mol. The average Bonchev–Trinajstić information content (AvgIpc) is 2.59. The van der Waals surface area contributed by atoms with Crippen molar-refractivity contribution in [2.24, 2.45) is 5.10 Å². The Morgan fingerprint density at radius 3 is 1.91 bits per heavy atom. The van der Waals surface area contributed by atoms with E-state index in [0.29, 0.717) is 5.82 Å². The van der Waals surface area contributed by atoms with Crippen molar-refractivity contribution in [3.8, 4) is 0 Å². The fourth-order valence-corrected chi connectivity index (χ4v) is 2.28. The first-order valence-electron chi connectivity index (χ1n) is 6.89. The summed E-state index contributed by atoms with van der Waals surface area (Å²) in [6, 6.07) is 24.0. The highest BCUT2D eigenvalue weighted by Crippen LogP contribution is 2.13. The van der Waals surface area contributed by atoms with E-state index in [1.807, 2.05) is 72.8 Å². The lowest BCUT2D eigenvalue weighted by molar-refractivity contribution is 1.21. The molecular weight excluding hydrogens is 338 g/mol. The number of hydrogen-bond donors (Lipinski definition) is 1. The van der Waals surface area contributed by atoms with Crippen LogP contribution in [-0.4, -0.2) is 10.7 Å². The van der Waals surface area contributed by atoms with E-state index in [4.69, 9.17) is 0 Å². The molecule has 22 heavy (non-hydrogen) atoms. The van der Waals surface area contributed by atoms with E-state index < -0.39 is 0 Å². The molecule has 1 N–H and O–H groups in total. The molecule has 1 aromatic heterocycles. The molecular formula is C18H14BrN3. The van der Waals surface area contributed by atoms with E-state index in [1.54, 1.807) is 6.20 Å². The molecule has 0 bridgehead atoms. The molecule has 3 nitrogen and oxygen atoms in total. The van der Waals surface area contributed by atoms with Crippen molar-refractivity contribution >= 4 is 27.5 Å². The molecule has 0 fully saturated rings. The largest absolute Gasteiger partial charge is 0.261 e. The Balaban J connectivity index is 1.95. The summed E-state index contributed by atoms with van der Waals surface area (Å²) in [5.74, 6) is 0.701. The van der Waals surface area contributed by atoms with Gasteiger partial charge in [-0.15, -0.1) is 0 Å². The van der Waals surface area contributed by atoms with Gasteiger partial charge in [0.25, 0.3) is 0 Å². The van der Waals surface area contributed by atoms with E-state index in [-0.39, 0.29) is 0 Å². The highest BCUT2D eigenvalue weighted by molar-refractivity contribution is 9.10. The van der Waals surface area contributed by atoms with Crippen LogP contribution in [0.2, 0.25) is 0 Å². The third-order valence-corrected chi connectivity index (χ3v) is 3.57. The van der Waals surface area contributed by atoms with Gasteiger partial charge < -0.3 is 0 Å². The molecule has 2 aromatic carbocycles. The van der Waals surface area contributed by atoms with Gasteiger partial charge in [0.2, 0.25) is 0 Å².